The Balaban J connectivity index is 2.20. The topological polar surface area (TPSA) is 102 Å². The summed E-state index contributed by atoms with van der Waals surface area (Å²) in [6, 6.07) is 11.6. The number of benzene rings is 2. The Labute approximate surface area is 158 Å². The lowest BCUT2D eigenvalue weighted by molar-refractivity contribution is 0.0600. The summed E-state index contributed by atoms with van der Waals surface area (Å²) < 4.78 is 32.1. The van der Waals surface area contributed by atoms with Crippen molar-refractivity contribution in [2.24, 2.45) is 0 Å². The van der Waals surface area contributed by atoms with Crippen molar-refractivity contribution in [3.8, 4) is 0 Å². The Morgan fingerprint density at radius 1 is 0.963 bits per heavy atom. The van der Waals surface area contributed by atoms with E-state index in [1.807, 2.05) is 20.8 Å². The monoisotopic (exact) mass is 390 g/mol. The van der Waals surface area contributed by atoms with Gasteiger partial charge in [-0.15, -0.1) is 0 Å². The molecular formula is C19H22N2O5S. The predicted molar refractivity (Wildman–Crippen MR) is 102 cm³/mol. The number of nitrogens with one attached hydrogen (secondary N) is 2. The Bertz CT molecular complexity index is 945. The number of sulfonamides is 1. The number of hydrogen-bond donors (Lipinski definition) is 2. The fourth-order valence-corrected chi connectivity index (χ4v) is 3.29. The highest BCUT2D eigenvalue weighted by Crippen LogP contribution is 2.18. The summed E-state index contributed by atoms with van der Waals surface area (Å²) >= 11 is 0. The minimum absolute atomic E-state index is 0.00159. The van der Waals surface area contributed by atoms with Crippen LogP contribution in [0.15, 0.2) is 53.4 Å². The molecule has 0 unspecified atom stereocenters. The van der Waals surface area contributed by atoms with Gasteiger partial charge in [-0.25, -0.2) is 13.2 Å². The third-order valence-corrected chi connectivity index (χ3v) is 4.85. The third-order valence-electron chi connectivity index (χ3n) is 3.45. The largest absolute Gasteiger partial charge is 0.465 e. The standard InChI is InChI=1S/C19H22N2O5S/c1-19(2,3)20-17(22)13-8-10-16(11-9-13)27(24,25)21-15-7-5-6-14(12-15)18(23)26-4/h5-12,21H,1-4H3,(H,20,22). The van der Waals surface area contributed by atoms with Crippen molar-refractivity contribution >= 4 is 27.6 Å². The Hall–Kier alpha value is -2.87. The average molecular weight is 390 g/mol. The van der Waals surface area contributed by atoms with Gasteiger partial charge in [0.15, 0.2) is 0 Å². The van der Waals surface area contributed by atoms with Gasteiger partial charge >= 0.3 is 5.97 Å². The highest BCUT2D eigenvalue weighted by Gasteiger charge is 2.18. The summed E-state index contributed by atoms with van der Waals surface area (Å²) in [5.41, 5.74) is 0.421. The van der Waals surface area contributed by atoms with Crippen LogP contribution in [0.4, 0.5) is 5.69 Å². The number of methoxy groups -OCH3 is 1. The Morgan fingerprint density at radius 3 is 2.15 bits per heavy atom. The number of hydrogen-bond acceptors (Lipinski definition) is 5. The molecule has 2 N–H and O–H groups in total. The van der Waals surface area contributed by atoms with Crippen LogP contribution >= 0.6 is 0 Å². The fraction of sp³-hybridized carbons (Fsp3) is 0.263. The van der Waals surface area contributed by atoms with Crippen LogP contribution in [0.25, 0.3) is 0 Å². The second-order valence-corrected chi connectivity index (χ2v) is 8.59. The van der Waals surface area contributed by atoms with Gasteiger partial charge in [-0.05, 0) is 63.2 Å². The molecule has 0 aliphatic carbocycles. The van der Waals surface area contributed by atoms with Crippen LogP contribution in [0.1, 0.15) is 41.5 Å². The molecule has 2 rings (SSSR count). The van der Waals surface area contributed by atoms with Gasteiger partial charge in [0.2, 0.25) is 0 Å². The van der Waals surface area contributed by atoms with E-state index in [2.05, 4.69) is 14.8 Å². The van der Waals surface area contributed by atoms with E-state index in [1.54, 1.807) is 6.07 Å². The van der Waals surface area contributed by atoms with Crippen molar-refractivity contribution in [2.75, 3.05) is 11.8 Å². The molecule has 0 spiro atoms. The lowest BCUT2D eigenvalue weighted by Gasteiger charge is -2.20. The molecule has 0 aliphatic heterocycles. The molecule has 0 saturated heterocycles. The Morgan fingerprint density at radius 2 is 1.59 bits per heavy atom. The molecule has 2 aromatic carbocycles. The summed E-state index contributed by atoms with van der Waals surface area (Å²) in [4.78, 5) is 23.7. The molecule has 0 atom stereocenters. The van der Waals surface area contributed by atoms with E-state index in [0.717, 1.165) is 0 Å². The number of anilines is 1. The van der Waals surface area contributed by atoms with Crippen LogP contribution in [0.2, 0.25) is 0 Å². The normalized spacial score (nSPS) is 11.6. The molecular weight excluding hydrogens is 368 g/mol. The summed E-state index contributed by atoms with van der Waals surface area (Å²) in [5, 5.41) is 2.81. The van der Waals surface area contributed by atoms with Gasteiger partial charge in [-0.2, -0.15) is 0 Å². The average Bonchev–Trinajstić information content (AvgIpc) is 2.59. The molecule has 0 aliphatic rings. The quantitative estimate of drug-likeness (QED) is 0.765. The maximum absolute atomic E-state index is 12.5. The first kappa shape index (κ1) is 20.4. The van der Waals surface area contributed by atoms with Gasteiger partial charge in [-0.3, -0.25) is 9.52 Å². The molecule has 8 heteroatoms. The van der Waals surface area contributed by atoms with Crippen LogP contribution in [-0.4, -0.2) is 32.9 Å². The minimum Gasteiger partial charge on any atom is -0.465 e. The van der Waals surface area contributed by atoms with Crippen molar-refractivity contribution in [1.82, 2.24) is 5.32 Å². The number of rotatable bonds is 5. The second kappa shape index (κ2) is 7.79. The SMILES string of the molecule is COC(=O)c1cccc(NS(=O)(=O)c2ccc(C(=O)NC(C)(C)C)cc2)c1. The second-order valence-electron chi connectivity index (χ2n) is 6.91. The van der Waals surface area contributed by atoms with Crippen LogP contribution in [0.3, 0.4) is 0 Å². The molecule has 0 bridgehead atoms. The van der Waals surface area contributed by atoms with E-state index in [1.165, 1.54) is 49.6 Å². The minimum atomic E-state index is -3.87. The molecule has 0 saturated carbocycles. The smallest absolute Gasteiger partial charge is 0.337 e. The highest BCUT2D eigenvalue weighted by atomic mass is 32.2. The van der Waals surface area contributed by atoms with Gasteiger partial charge < -0.3 is 10.1 Å². The van der Waals surface area contributed by atoms with Crippen molar-refractivity contribution in [1.29, 1.82) is 0 Å². The first-order chi connectivity index (χ1) is 12.5. The fourth-order valence-electron chi connectivity index (χ4n) is 2.24. The molecule has 27 heavy (non-hydrogen) atoms. The van der Waals surface area contributed by atoms with Gasteiger partial charge in [0.05, 0.1) is 17.6 Å². The molecule has 0 fully saturated rings. The number of carbonyl (C=O) groups is 2. The van der Waals surface area contributed by atoms with Gasteiger partial charge in [0.25, 0.3) is 15.9 Å². The lowest BCUT2D eigenvalue weighted by atomic mass is 10.1. The number of esters is 1. The predicted octanol–water partition coefficient (Wildman–Crippen LogP) is 2.80. The van der Waals surface area contributed by atoms with E-state index >= 15 is 0 Å². The van der Waals surface area contributed by atoms with Crippen molar-refractivity contribution in [3.05, 3.63) is 59.7 Å². The van der Waals surface area contributed by atoms with Gasteiger partial charge in [0, 0.05) is 16.8 Å². The maximum atomic E-state index is 12.5. The molecule has 7 nitrogen and oxygen atoms in total. The van der Waals surface area contributed by atoms with E-state index in [0.29, 0.717) is 5.56 Å². The van der Waals surface area contributed by atoms with Crippen molar-refractivity contribution in [3.63, 3.8) is 0 Å². The molecule has 2 aromatic rings. The molecule has 0 aromatic heterocycles. The van der Waals surface area contributed by atoms with Crippen LogP contribution in [0, 0.1) is 0 Å². The summed E-state index contributed by atoms with van der Waals surface area (Å²) in [6.45, 7) is 5.57. The number of carbonyl (C=O) groups excluding carboxylic acids is 2. The van der Waals surface area contributed by atoms with Crippen molar-refractivity contribution in [2.45, 2.75) is 31.2 Å². The van der Waals surface area contributed by atoms with Crippen LogP contribution < -0.4 is 10.0 Å². The zero-order valence-corrected chi connectivity index (χ0v) is 16.4. The van der Waals surface area contributed by atoms with Gasteiger partial charge in [0.1, 0.15) is 0 Å². The Kier molecular flexibility index (Phi) is 5.90. The first-order valence-corrected chi connectivity index (χ1v) is 9.64. The third kappa shape index (κ3) is 5.55. The first-order valence-electron chi connectivity index (χ1n) is 8.15. The molecule has 0 radical (unpaired) electrons. The summed E-state index contributed by atoms with van der Waals surface area (Å²) in [5.74, 6) is -0.851. The van der Waals surface area contributed by atoms with Crippen molar-refractivity contribution < 1.29 is 22.7 Å². The van der Waals surface area contributed by atoms with Crippen LogP contribution in [-0.2, 0) is 14.8 Å². The zero-order valence-electron chi connectivity index (χ0n) is 15.6. The van der Waals surface area contributed by atoms with E-state index < -0.39 is 21.5 Å². The molecule has 0 heterocycles. The highest BCUT2D eigenvalue weighted by molar-refractivity contribution is 7.92. The molecule has 144 valence electrons. The maximum Gasteiger partial charge on any atom is 0.337 e. The van der Waals surface area contributed by atoms with Gasteiger partial charge in [-0.1, -0.05) is 6.07 Å². The van der Waals surface area contributed by atoms with Crippen LogP contribution in [0.5, 0.6) is 0 Å². The van der Waals surface area contributed by atoms with E-state index in [4.69, 9.17) is 0 Å². The number of ether oxygens (including phenoxy) is 1. The summed E-state index contributed by atoms with van der Waals surface area (Å²) in [6.07, 6.45) is 0. The summed E-state index contributed by atoms with van der Waals surface area (Å²) in [7, 11) is -2.63. The number of amides is 1. The molecule has 1 amide bonds. The zero-order chi connectivity index (χ0) is 20.2. The van der Waals surface area contributed by atoms with E-state index in [-0.39, 0.29) is 22.1 Å². The van der Waals surface area contributed by atoms with E-state index in [9.17, 15) is 18.0 Å². The lowest BCUT2D eigenvalue weighted by Crippen LogP contribution is -2.40.